The Balaban J connectivity index is 2.03. The molecule has 0 radical (unpaired) electrons. The topological polar surface area (TPSA) is 66.9 Å². The van der Waals surface area contributed by atoms with Crippen LogP contribution in [0.4, 0.5) is 16.0 Å². The molecular formula is C14H15FN4O. The highest BCUT2D eigenvalue weighted by Crippen LogP contribution is 2.13. The van der Waals surface area contributed by atoms with Crippen molar-refractivity contribution in [2.75, 3.05) is 11.9 Å². The maximum atomic E-state index is 13.0. The number of rotatable bonds is 5. The Labute approximate surface area is 116 Å². The van der Waals surface area contributed by atoms with E-state index in [4.69, 9.17) is 0 Å². The van der Waals surface area contributed by atoms with Crippen LogP contribution in [0.5, 0.6) is 0 Å². The fraction of sp³-hybridized carbons (Fsp3) is 0.214. The van der Waals surface area contributed by atoms with Gasteiger partial charge < -0.3 is 10.6 Å². The van der Waals surface area contributed by atoms with E-state index < -0.39 is 0 Å². The minimum Gasteiger partial charge on any atom is -0.352 e. The van der Waals surface area contributed by atoms with Gasteiger partial charge in [-0.15, -0.1) is 0 Å². The molecule has 0 aliphatic heterocycles. The molecule has 1 amide bonds. The van der Waals surface area contributed by atoms with E-state index in [1.807, 2.05) is 6.92 Å². The van der Waals surface area contributed by atoms with Gasteiger partial charge in [-0.05, 0) is 24.6 Å². The molecule has 5 nitrogen and oxygen atoms in total. The van der Waals surface area contributed by atoms with E-state index in [-0.39, 0.29) is 11.7 Å². The number of aromatic nitrogens is 2. The fourth-order valence-corrected chi connectivity index (χ4v) is 1.55. The normalized spacial score (nSPS) is 10.1. The fourth-order valence-electron chi connectivity index (χ4n) is 1.55. The summed E-state index contributed by atoms with van der Waals surface area (Å²) in [5, 5.41) is 5.60. The van der Waals surface area contributed by atoms with Gasteiger partial charge in [-0.25, -0.2) is 14.4 Å². The molecule has 1 aromatic heterocycles. The Bertz CT molecular complexity index is 586. The van der Waals surface area contributed by atoms with E-state index in [1.54, 1.807) is 12.1 Å². The minimum atomic E-state index is -0.342. The number of nitrogens with one attached hydrogen (secondary N) is 2. The van der Waals surface area contributed by atoms with Crippen LogP contribution in [0.25, 0.3) is 0 Å². The average Bonchev–Trinajstić information content (AvgIpc) is 2.45. The van der Waals surface area contributed by atoms with Crippen LogP contribution in [0.2, 0.25) is 0 Å². The summed E-state index contributed by atoms with van der Waals surface area (Å²) in [4.78, 5) is 19.7. The van der Waals surface area contributed by atoms with Gasteiger partial charge in [-0.2, -0.15) is 0 Å². The first-order valence-electron chi connectivity index (χ1n) is 6.32. The summed E-state index contributed by atoms with van der Waals surface area (Å²) in [6.07, 6.45) is 3.73. The number of carbonyl (C=O) groups is 1. The third-order valence-electron chi connectivity index (χ3n) is 2.53. The van der Waals surface area contributed by atoms with Crippen LogP contribution in [-0.4, -0.2) is 22.4 Å². The van der Waals surface area contributed by atoms with E-state index in [0.29, 0.717) is 23.7 Å². The van der Waals surface area contributed by atoms with E-state index in [1.165, 1.54) is 24.5 Å². The van der Waals surface area contributed by atoms with Crippen molar-refractivity contribution in [3.8, 4) is 0 Å². The predicted molar refractivity (Wildman–Crippen MR) is 74.3 cm³/mol. The maximum absolute atomic E-state index is 13.0. The molecule has 2 aromatic rings. The molecule has 0 unspecified atom stereocenters. The molecular weight excluding hydrogens is 259 g/mol. The third-order valence-corrected chi connectivity index (χ3v) is 2.53. The molecule has 0 aliphatic carbocycles. The zero-order valence-corrected chi connectivity index (χ0v) is 11.1. The highest BCUT2D eigenvalue weighted by molar-refractivity contribution is 5.93. The van der Waals surface area contributed by atoms with Gasteiger partial charge in [0.05, 0.1) is 5.56 Å². The van der Waals surface area contributed by atoms with Gasteiger partial charge in [-0.1, -0.05) is 13.0 Å². The van der Waals surface area contributed by atoms with Gasteiger partial charge in [0.2, 0.25) is 5.95 Å². The summed E-state index contributed by atoms with van der Waals surface area (Å²) < 4.78 is 13.0. The molecule has 0 saturated carbocycles. The largest absolute Gasteiger partial charge is 0.352 e. The van der Waals surface area contributed by atoms with Crippen molar-refractivity contribution in [3.63, 3.8) is 0 Å². The summed E-state index contributed by atoms with van der Waals surface area (Å²) in [5.74, 6) is -0.239. The predicted octanol–water partition coefficient (Wildman–Crippen LogP) is 2.50. The Morgan fingerprint density at radius 1 is 1.30 bits per heavy atom. The summed E-state index contributed by atoms with van der Waals surface area (Å²) >= 11 is 0. The van der Waals surface area contributed by atoms with Crippen molar-refractivity contribution in [3.05, 3.63) is 48.0 Å². The number of benzene rings is 1. The number of anilines is 2. The maximum Gasteiger partial charge on any atom is 0.254 e. The molecule has 0 aliphatic rings. The van der Waals surface area contributed by atoms with Crippen LogP contribution in [-0.2, 0) is 0 Å². The molecule has 0 saturated heterocycles. The van der Waals surface area contributed by atoms with Crippen molar-refractivity contribution < 1.29 is 9.18 Å². The lowest BCUT2D eigenvalue weighted by atomic mass is 10.3. The standard InChI is InChI=1S/C14H15FN4O/c1-2-6-16-13(20)10-8-17-14(18-9-10)19-12-5-3-4-11(15)7-12/h3-5,7-9H,2,6H2,1H3,(H,16,20)(H,17,18,19). The van der Waals surface area contributed by atoms with E-state index in [2.05, 4.69) is 20.6 Å². The number of carbonyl (C=O) groups excluding carboxylic acids is 1. The van der Waals surface area contributed by atoms with Crippen molar-refractivity contribution in [1.29, 1.82) is 0 Å². The summed E-state index contributed by atoms with van der Waals surface area (Å²) in [7, 11) is 0. The summed E-state index contributed by atoms with van der Waals surface area (Å²) in [6.45, 7) is 2.59. The molecule has 0 fully saturated rings. The van der Waals surface area contributed by atoms with Gasteiger partial charge in [0.25, 0.3) is 5.91 Å². The van der Waals surface area contributed by atoms with Gasteiger partial charge in [0.1, 0.15) is 5.82 Å². The van der Waals surface area contributed by atoms with E-state index >= 15 is 0 Å². The van der Waals surface area contributed by atoms with Crippen molar-refractivity contribution in [2.24, 2.45) is 0 Å². The van der Waals surface area contributed by atoms with Gasteiger partial charge in [0, 0.05) is 24.6 Å². The average molecular weight is 274 g/mol. The van der Waals surface area contributed by atoms with Crippen LogP contribution in [0, 0.1) is 5.82 Å². The first kappa shape index (κ1) is 13.9. The van der Waals surface area contributed by atoms with Crippen LogP contribution >= 0.6 is 0 Å². The monoisotopic (exact) mass is 274 g/mol. The molecule has 0 atom stereocenters. The second kappa shape index (κ2) is 6.60. The smallest absolute Gasteiger partial charge is 0.254 e. The lowest BCUT2D eigenvalue weighted by molar-refractivity contribution is 0.0953. The zero-order chi connectivity index (χ0) is 14.4. The van der Waals surface area contributed by atoms with Crippen molar-refractivity contribution in [2.45, 2.75) is 13.3 Å². The molecule has 104 valence electrons. The summed E-state index contributed by atoms with van der Waals surface area (Å²) in [5.41, 5.74) is 0.941. The molecule has 2 N–H and O–H groups in total. The number of nitrogens with zero attached hydrogens (tertiary/aromatic N) is 2. The van der Waals surface area contributed by atoms with Crippen LogP contribution < -0.4 is 10.6 Å². The SMILES string of the molecule is CCCNC(=O)c1cnc(Nc2cccc(F)c2)nc1. The molecule has 1 heterocycles. The molecule has 0 bridgehead atoms. The molecule has 6 heteroatoms. The second-order valence-corrected chi connectivity index (χ2v) is 4.19. The summed E-state index contributed by atoms with van der Waals surface area (Å²) in [6, 6.07) is 5.98. The highest BCUT2D eigenvalue weighted by atomic mass is 19.1. The van der Waals surface area contributed by atoms with Crippen LogP contribution in [0.3, 0.4) is 0 Å². The van der Waals surface area contributed by atoms with Crippen molar-refractivity contribution in [1.82, 2.24) is 15.3 Å². The molecule has 1 aromatic carbocycles. The van der Waals surface area contributed by atoms with Gasteiger partial charge in [0.15, 0.2) is 0 Å². The Morgan fingerprint density at radius 3 is 2.70 bits per heavy atom. The number of hydrogen-bond donors (Lipinski definition) is 2. The molecule has 2 rings (SSSR count). The Hall–Kier alpha value is -2.50. The lowest BCUT2D eigenvalue weighted by Gasteiger charge is -2.06. The Kier molecular flexibility index (Phi) is 4.60. The quantitative estimate of drug-likeness (QED) is 0.879. The number of hydrogen-bond acceptors (Lipinski definition) is 4. The zero-order valence-electron chi connectivity index (χ0n) is 11.1. The number of halogens is 1. The van der Waals surface area contributed by atoms with Gasteiger partial charge in [-0.3, -0.25) is 4.79 Å². The molecule has 0 spiro atoms. The van der Waals surface area contributed by atoms with Crippen LogP contribution in [0.15, 0.2) is 36.7 Å². The molecule has 20 heavy (non-hydrogen) atoms. The van der Waals surface area contributed by atoms with Gasteiger partial charge >= 0.3 is 0 Å². The lowest BCUT2D eigenvalue weighted by Crippen LogP contribution is -2.24. The van der Waals surface area contributed by atoms with Crippen LogP contribution in [0.1, 0.15) is 23.7 Å². The Morgan fingerprint density at radius 2 is 2.05 bits per heavy atom. The second-order valence-electron chi connectivity index (χ2n) is 4.19. The van der Waals surface area contributed by atoms with Crippen molar-refractivity contribution >= 4 is 17.5 Å². The minimum absolute atomic E-state index is 0.204. The number of amides is 1. The van der Waals surface area contributed by atoms with E-state index in [0.717, 1.165) is 6.42 Å². The first-order chi connectivity index (χ1) is 9.69. The third kappa shape index (κ3) is 3.74. The van der Waals surface area contributed by atoms with E-state index in [9.17, 15) is 9.18 Å². The first-order valence-corrected chi connectivity index (χ1v) is 6.32. The highest BCUT2D eigenvalue weighted by Gasteiger charge is 2.06.